The van der Waals surface area contributed by atoms with Gasteiger partial charge in [0.25, 0.3) is 0 Å². The SMILES string of the molecule is O=C(NCc1ccc(Cn2cncn2)cc1)C1CCNC1. The monoisotopic (exact) mass is 285 g/mol. The first-order valence-corrected chi connectivity index (χ1v) is 7.20. The van der Waals surface area contributed by atoms with Crippen LogP contribution in [-0.2, 0) is 17.9 Å². The van der Waals surface area contributed by atoms with Gasteiger partial charge in [0.05, 0.1) is 12.5 Å². The van der Waals surface area contributed by atoms with Gasteiger partial charge in [-0.05, 0) is 24.1 Å². The van der Waals surface area contributed by atoms with Crippen molar-refractivity contribution in [3.63, 3.8) is 0 Å². The van der Waals surface area contributed by atoms with Crippen LogP contribution in [0.25, 0.3) is 0 Å². The standard InChI is InChI=1S/C15H19N5O/c21-15(14-5-6-16-8-14)18-7-12-1-3-13(4-2-12)9-20-11-17-10-19-20/h1-4,10-11,14,16H,5-9H2,(H,18,21). The Morgan fingerprint density at radius 3 is 2.81 bits per heavy atom. The fourth-order valence-electron chi connectivity index (χ4n) is 2.48. The number of nitrogens with one attached hydrogen (secondary N) is 2. The van der Waals surface area contributed by atoms with Crippen LogP contribution < -0.4 is 10.6 Å². The molecule has 0 aliphatic carbocycles. The van der Waals surface area contributed by atoms with Gasteiger partial charge in [-0.3, -0.25) is 4.79 Å². The van der Waals surface area contributed by atoms with Crippen LogP contribution in [0.3, 0.4) is 0 Å². The predicted octanol–water partition coefficient (Wildman–Crippen LogP) is 0.552. The van der Waals surface area contributed by atoms with Crippen molar-refractivity contribution < 1.29 is 4.79 Å². The molecule has 1 saturated heterocycles. The summed E-state index contributed by atoms with van der Waals surface area (Å²) >= 11 is 0. The molecule has 2 aromatic rings. The van der Waals surface area contributed by atoms with Crippen molar-refractivity contribution in [3.05, 3.63) is 48.0 Å². The van der Waals surface area contributed by atoms with Crippen molar-refractivity contribution in [2.75, 3.05) is 13.1 Å². The number of carbonyl (C=O) groups excluding carboxylic acids is 1. The number of rotatable bonds is 5. The molecule has 1 aliphatic rings. The first kappa shape index (κ1) is 13.8. The summed E-state index contributed by atoms with van der Waals surface area (Å²) in [7, 11) is 0. The van der Waals surface area contributed by atoms with Gasteiger partial charge in [0.2, 0.25) is 5.91 Å². The maximum Gasteiger partial charge on any atom is 0.224 e. The van der Waals surface area contributed by atoms with E-state index in [9.17, 15) is 4.79 Å². The third kappa shape index (κ3) is 3.66. The Labute approximate surface area is 123 Å². The Morgan fingerprint density at radius 2 is 2.14 bits per heavy atom. The summed E-state index contributed by atoms with van der Waals surface area (Å²) in [6.07, 6.45) is 4.16. The van der Waals surface area contributed by atoms with E-state index in [1.165, 1.54) is 6.33 Å². The lowest BCUT2D eigenvalue weighted by molar-refractivity contribution is -0.124. The van der Waals surface area contributed by atoms with Gasteiger partial charge in [-0.15, -0.1) is 0 Å². The summed E-state index contributed by atoms with van der Waals surface area (Å²) < 4.78 is 1.78. The number of amides is 1. The molecule has 1 atom stereocenters. The average Bonchev–Trinajstić information content (AvgIpc) is 3.19. The van der Waals surface area contributed by atoms with Crippen molar-refractivity contribution in [3.8, 4) is 0 Å². The lowest BCUT2D eigenvalue weighted by Gasteiger charge is -2.10. The molecule has 6 nitrogen and oxygen atoms in total. The number of aromatic nitrogens is 3. The molecule has 6 heteroatoms. The van der Waals surface area contributed by atoms with Gasteiger partial charge in [0.1, 0.15) is 12.7 Å². The van der Waals surface area contributed by atoms with Crippen LogP contribution >= 0.6 is 0 Å². The molecule has 110 valence electrons. The van der Waals surface area contributed by atoms with Crippen LogP contribution in [0.1, 0.15) is 17.5 Å². The molecular weight excluding hydrogens is 266 g/mol. The van der Waals surface area contributed by atoms with E-state index in [1.807, 2.05) is 12.1 Å². The Morgan fingerprint density at radius 1 is 1.33 bits per heavy atom. The third-order valence-electron chi connectivity index (χ3n) is 3.73. The van der Waals surface area contributed by atoms with Crippen molar-refractivity contribution >= 4 is 5.91 Å². The Bertz CT molecular complexity index is 573. The van der Waals surface area contributed by atoms with Gasteiger partial charge in [0.15, 0.2) is 0 Å². The molecule has 2 heterocycles. The summed E-state index contributed by atoms with van der Waals surface area (Å²) in [6.45, 7) is 3.02. The minimum Gasteiger partial charge on any atom is -0.352 e. The van der Waals surface area contributed by atoms with Crippen LogP contribution in [0.5, 0.6) is 0 Å². The summed E-state index contributed by atoms with van der Waals surface area (Å²) in [5.41, 5.74) is 2.27. The zero-order valence-corrected chi connectivity index (χ0v) is 11.8. The molecule has 21 heavy (non-hydrogen) atoms. The molecule has 1 aromatic heterocycles. The van der Waals surface area contributed by atoms with Gasteiger partial charge < -0.3 is 10.6 Å². The molecule has 0 spiro atoms. The topological polar surface area (TPSA) is 71.8 Å². The second kappa shape index (κ2) is 6.49. The highest BCUT2D eigenvalue weighted by molar-refractivity contribution is 5.79. The molecule has 1 fully saturated rings. The van der Waals surface area contributed by atoms with E-state index in [4.69, 9.17) is 0 Å². The van der Waals surface area contributed by atoms with Crippen LogP contribution in [0.2, 0.25) is 0 Å². The second-order valence-electron chi connectivity index (χ2n) is 5.32. The van der Waals surface area contributed by atoms with E-state index < -0.39 is 0 Å². The highest BCUT2D eigenvalue weighted by atomic mass is 16.1. The molecule has 0 radical (unpaired) electrons. The Hall–Kier alpha value is -2.21. The number of hydrogen-bond acceptors (Lipinski definition) is 4. The molecule has 1 aliphatic heterocycles. The largest absolute Gasteiger partial charge is 0.352 e. The molecular formula is C15H19N5O. The molecule has 1 amide bonds. The number of hydrogen-bond donors (Lipinski definition) is 2. The maximum absolute atomic E-state index is 11.9. The Kier molecular flexibility index (Phi) is 4.25. The van der Waals surface area contributed by atoms with Crippen LogP contribution in [0.4, 0.5) is 0 Å². The van der Waals surface area contributed by atoms with E-state index in [0.717, 1.165) is 30.6 Å². The molecule has 1 unspecified atom stereocenters. The number of benzene rings is 1. The first-order chi connectivity index (χ1) is 10.3. The van der Waals surface area contributed by atoms with Crippen LogP contribution in [-0.4, -0.2) is 33.8 Å². The highest BCUT2D eigenvalue weighted by Crippen LogP contribution is 2.09. The molecule has 0 bridgehead atoms. The van der Waals surface area contributed by atoms with Crippen molar-refractivity contribution in [1.29, 1.82) is 0 Å². The maximum atomic E-state index is 11.9. The first-order valence-electron chi connectivity index (χ1n) is 7.20. The quantitative estimate of drug-likeness (QED) is 0.841. The lowest BCUT2D eigenvalue weighted by atomic mass is 10.1. The van der Waals surface area contributed by atoms with Gasteiger partial charge in [-0.25, -0.2) is 9.67 Å². The fourth-order valence-corrected chi connectivity index (χ4v) is 2.48. The fraction of sp³-hybridized carbons (Fsp3) is 0.400. The van der Waals surface area contributed by atoms with Gasteiger partial charge in [-0.2, -0.15) is 5.10 Å². The van der Waals surface area contributed by atoms with Gasteiger partial charge in [0, 0.05) is 13.1 Å². The Balaban J connectivity index is 1.51. The molecule has 3 rings (SSSR count). The van der Waals surface area contributed by atoms with E-state index >= 15 is 0 Å². The summed E-state index contributed by atoms with van der Waals surface area (Å²) in [5, 5.41) is 10.3. The molecule has 0 saturated carbocycles. The number of carbonyl (C=O) groups is 1. The zero-order chi connectivity index (χ0) is 14.5. The average molecular weight is 285 g/mol. The zero-order valence-electron chi connectivity index (χ0n) is 11.8. The van der Waals surface area contributed by atoms with Crippen molar-refractivity contribution in [1.82, 2.24) is 25.4 Å². The van der Waals surface area contributed by atoms with Gasteiger partial charge >= 0.3 is 0 Å². The van der Waals surface area contributed by atoms with E-state index in [1.54, 1.807) is 11.0 Å². The smallest absolute Gasteiger partial charge is 0.224 e. The number of nitrogens with zero attached hydrogens (tertiary/aromatic N) is 3. The van der Waals surface area contributed by atoms with E-state index in [2.05, 4.69) is 32.8 Å². The summed E-state index contributed by atoms with van der Waals surface area (Å²) in [4.78, 5) is 15.8. The molecule has 1 aromatic carbocycles. The summed E-state index contributed by atoms with van der Waals surface area (Å²) in [6, 6.07) is 8.19. The normalized spacial score (nSPS) is 17.8. The second-order valence-corrected chi connectivity index (χ2v) is 5.32. The van der Waals surface area contributed by atoms with Crippen LogP contribution in [0, 0.1) is 5.92 Å². The minimum atomic E-state index is 0.122. The van der Waals surface area contributed by atoms with Crippen molar-refractivity contribution in [2.24, 2.45) is 5.92 Å². The van der Waals surface area contributed by atoms with Gasteiger partial charge in [-0.1, -0.05) is 24.3 Å². The third-order valence-corrected chi connectivity index (χ3v) is 3.73. The van der Waals surface area contributed by atoms with Crippen LogP contribution in [0.15, 0.2) is 36.9 Å². The lowest BCUT2D eigenvalue weighted by Crippen LogP contribution is -2.31. The minimum absolute atomic E-state index is 0.122. The molecule has 2 N–H and O–H groups in total. The van der Waals surface area contributed by atoms with E-state index in [-0.39, 0.29) is 11.8 Å². The summed E-state index contributed by atoms with van der Waals surface area (Å²) in [5.74, 6) is 0.267. The van der Waals surface area contributed by atoms with Crippen molar-refractivity contribution in [2.45, 2.75) is 19.5 Å². The highest BCUT2D eigenvalue weighted by Gasteiger charge is 2.21. The van der Waals surface area contributed by atoms with E-state index in [0.29, 0.717) is 13.1 Å². The predicted molar refractivity (Wildman–Crippen MR) is 78.4 cm³/mol.